The summed E-state index contributed by atoms with van der Waals surface area (Å²) in [5.41, 5.74) is -0.281. The molecule has 0 atom stereocenters. The van der Waals surface area contributed by atoms with Gasteiger partial charge in [-0.1, -0.05) is 0 Å². The normalized spacial score (nSPS) is 20.3. The number of benzene rings is 1. The molecule has 1 spiro atoms. The first-order valence-electron chi connectivity index (χ1n) is 7.71. The van der Waals surface area contributed by atoms with E-state index in [0.717, 1.165) is 24.6 Å². The molecule has 2 heterocycles. The average Bonchev–Trinajstić information content (AvgIpc) is 2.89. The topological polar surface area (TPSA) is 49.4 Å². The summed E-state index contributed by atoms with van der Waals surface area (Å²) in [5, 5.41) is 2.85. The second kappa shape index (κ2) is 6.10. The molecule has 4 nitrogen and oxygen atoms in total. The molecule has 0 aromatic heterocycles. The maximum absolute atomic E-state index is 13.5. The van der Waals surface area contributed by atoms with Gasteiger partial charge in [-0.05, 0) is 43.5 Å². The van der Waals surface area contributed by atoms with Gasteiger partial charge in [0.05, 0.1) is 5.41 Å². The fourth-order valence-electron chi connectivity index (χ4n) is 3.26. The summed E-state index contributed by atoms with van der Waals surface area (Å²) in [6, 6.07) is 3.11. The highest BCUT2D eigenvalue weighted by molar-refractivity contribution is 5.92. The molecule has 1 aromatic rings. The lowest BCUT2D eigenvalue weighted by Gasteiger charge is -2.36. The van der Waals surface area contributed by atoms with Gasteiger partial charge in [-0.2, -0.15) is 0 Å². The van der Waals surface area contributed by atoms with Crippen LogP contribution in [0.15, 0.2) is 24.3 Å². The van der Waals surface area contributed by atoms with Crippen LogP contribution < -0.4 is 5.32 Å². The van der Waals surface area contributed by atoms with Crippen LogP contribution in [-0.4, -0.2) is 36.3 Å². The maximum Gasteiger partial charge on any atom is 0.246 e. The van der Waals surface area contributed by atoms with Gasteiger partial charge < -0.3 is 10.2 Å². The Bertz CT molecular complexity index is 665. The molecule has 2 aliphatic heterocycles. The maximum atomic E-state index is 13.5. The van der Waals surface area contributed by atoms with E-state index in [-0.39, 0.29) is 22.8 Å². The molecule has 2 fully saturated rings. The zero-order valence-corrected chi connectivity index (χ0v) is 12.6. The van der Waals surface area contributed by atoms with Crippen molar-refractivity contribution in [1.29, 1.82) is 0 Å². The van der Waals surface area contributed by atoms with Crippen molar-refractivity contribution >= 4 is 17.9 Å². The molecule has 2 amide bonds. The molecule has 0 saturated carbocycles. The number of carbonyl (C=O) groups excluding carboxylic acids is 2. The lowest BCUT2D eigenvalue weighted by Crippen LogP contribution is -2.45. The Balaban J connectivity index is 1.62. The molecular formula is C17H18F2N2O2. The fourth-order valence-corrected chi connectivity index (χ4v) is 3.26. The van der Waals surface area contributed by atoms with Crippen LogP contribution in [-0.2, 0) is 9.59 Å². The number of amides is 2. The Kier molecular flexibility index (Phi) is 4.15. The predicted molar refractivity (Wildman–Crippen MR) is 81.3 cm³/mol. The second-order valence-corrected chi connectivity index (χ2v) is 6.11. The number of halogens is 2. The molecule has 0 bridgehead atoms. The Labute approximate surface area is 133 Å². The summed E-state index contributed by atoms with van der Waals surface area (Å²) in [6.07, 6.45) is 4.65. The minimum Gasteiger partial charge on any atom is -0.356 e. The third-order valence-corrected chi connectivity index (χ3v) is 4.77. The smallest absolute Gasteiger partial charge is 0.246 e. The van der Waals surface area contributed by atoms with Gasteiger partial charge in [0.2, 0.25) is 11.8 Å². The van der Waals surface area contributed by atoms with Crippen molar-refractivity contribution in [2.45, 2.75) is 19.3 Å². The minimum atomic E-state index is -0.573. The average molecular weight is 320 g/mol. The van der Waals surface area contributed by atoms with E-state index in [0.29, 0.717) is 32.5 Å². The zero-order valence-electron chi connectivity index (χ0n) is 12.6. The van der Waals surface area contributed by atoms with Gasteiger partial charge in [0.1, 0.15) is 11.6 Å². The van der Waals surface area contributed by atoms with E-state index in [2.05, 4.69) is 5.32 Å². The number of hydrogen-bond donors (Lipinski definition) is 1. The molecule has 0 radical (unpaired) electrons. The number of nitrogens with one attached hydrogen (secondary N) is 1. The number of rotatable bonds is 2. The van der Waals surface area contributed by atoms with Crippen molar-refractivity contribution in [3.63, 3.8) is 0 Å². The third kappa shape index (κ3) is 3.11. The second-order valence-electron chi connectivity index (χ2n) is 6.11. The molecule has 3 rings (SSSR count). The summed E-state index contributed by atoms with van der Waals surface area (Å²) in [4.78, 5) is 25.7. The van der Waals surface area contributed by atoms with Crippen molar-refractivity contribution in [1.82, 2.24) is 10.2 Å². The van der Waals surface area contributed by atoms with Crippen LogP contribution in [0.1, 0.15) is 24.8 Å². The van der Waals surface area contributed by atoms with Crippen LogP contribution in [0.2, 0.25) is 0 Å². The molecule has 6 heteroatoms. The molecule has 0 aliphatic carbocycles. The summed E-state index contributed by atoms with van der Waals surface area (Å²) < 4.78 is 26.6. The van der Waals surface area contributed by atoms with E-state index in [1.54, 1.807) is 4.90 Å². The predicted octanol–water partition coefficient (Wildman–Crippen LogP) is 2.11. The summed E-state index contributed by atoms with van der Waals surface area (Å²) in [6.45, 7) is 1.70. The standard InChI is InChI=1S/C17H18F2N2O2/c18-13-2-3-14(19)12(11-13)1-4-15(22)21-9-6-17(7-10-21)5-8-20-16(17)23/h1-4,11H,5-10H2,(H,20,23)/b4-1+. The van der Waals surface area contributed by atoms with E-state index < -0.39 is 11.6 Å². The first-order valence-corrected chi connectivity index (χ1v) is 7.71. The number of carbonyl (C=O) groups is 2. The highest BCUT2D eigenvalue weighted by Gasteiger charge is 2.44. The minimum absolute atomic E-state index is 0.0435. The summed E-state index contributed by atoms with van der Waals surface area (Å²) >= 11 is 0. The first kappa shape index (κ1) is 15.6. The van der Waals surface area contributed by atoms with Crippen molar-refractivity contribution in [2.24, 2.45) is 5.41 Å². The molecule has 23 heavy (non-hydrogen) atoms. The lowest BCUT2D eigenvalue weighted by atomic mass is 9.77. The molecule has 2 saturated heterocycles. The van der Waals surface area contributed by atoms with Crippen molar-refractivity contribution in [2.75, 3.05) is 19.6 Å². The fraction of sp³-hybridized carbons (Fsp3) is 0.412. The van der Waals surface area contributed by atoms with Crippen LogP contribution in [0.5, 0.6) is 0 Å². The number of nitrogens with zero attached hydrogens (tertiary/aromatic N) is 1. The largest absolute Gasteiger partial charge is 0.356 e. The van der Waals surface area contributed by atoms with Crippen LogP contribution >= 0.6 is 0 Å². The highest BCUT2D eigenvalue weighted by atomic mass is 19.1. The molecule has 0 unspecified atom stereocenters. The lowest BCUT2D eigenvalue weighted by molar-refractivity contribution is -0.135. The van der Waals surface area contributed by atoms with E-state index in [1.165, 1.54) is 12.2 Å². The molecule has 122 valence electrons. The molecule has 1 aromatic carbocycles. The van der Waals surface area contributed by atoms with Gasteiger partial charge in [0.25, 0.3) is 0 Å². The van der Waals surface area contributed by atoms with Crippen LogP contribution in [0.3, 0.4) is 0 Å². The Morgan fingerprint density at radius 3 is 2.61 bits per heavy atom. The van der Waals surface area contributed by atoms with Crippen LogP contribution in [0, 0.1) is 17.0 Å². The van der Waals surface area contributed by atoms with Crippen LogP contribution in [0.25, 0.3) is 6.08 Å². The van der Waals surface area contributed by atoms with Crippen molar-refractivity contribution in [3.05, 3.63) is 41.5 Å². The van der Waals surface area contributed by atoms with E-state index in [9.17, 15) is 18.4 Å². The van der Waals surface area contributed by atoms with Gasteiger partial charge >= 0.3 is 0 Å². The molecular weight excluding hydrogens is 302 g/mol. The molecule has 1 N–H and O–H groups in total. The summed E-state index contributed by atoms with van der Waals surface area (Å²) in [5.74, 6) is -1.29. The first-order chi connectivity index (χ1) is 11.0. The highest BCUT2D eigenvalue weighted by Crippen LogP contribution is 2.37. The van der Waals surface area contributed by atoms with Crippen LogP contribution in [0.4, 0.5) is 8.78 Å². The van der Waals surface area contributed by atoms with Gasteiger partial charge in [-0.3, -0.25) is 9.59 Å². The number of likely N-dealkylation sites (tertiary alicyclic amines) is 1. The zero-order chi connectivity index (χ0) is 16.4. The van der Waals surface area contributed by atoms with E-state index in [4.69, 9.17) is 0 Å². The Morgan fingerprint density at radius 2 is 1.96 bits per heavy atom. The Morgan fingerprint density at radius 1 is 1.22 bits per heavy atom. The van der Waals surface area contributed by atoms with Gasteiger partial charge in [-0.25, -0.2) is 8.78 Å². The van der Waals surface area contributed by atoms with Gasteiger partial charge in [0.15, 0.2) is 0 Å². The van der Waals surface area contributed by atoms with E-state index in [1.807, 2.05) is 0 Å². The number of piperidine rings is 1. The monoisotopic (exact) mass is 320 g/mol. The van der Waals surface area contributed by atoms with Gasteiger partial charge in [0, 0.05) is 31.3 Å². The van der Waals surface area contributed by atoms with Gasteiger partial charge in [-0.15, -0.1) is 0 Å². The molecule has 2 aliphatic rings. The number of hydrogen-bond acceptors (Lipinski definition) is 2. The summed E-state index contributed by atoms with van der Waals surface area (Å²) in [7, 11) is 0. The van der Waals surface area contributed by atoms with E-state index >= 15 is 0 Å². The Hall–Kier alpha value is -2.24. The third-order valence-electron chi connectivity index (χ3n) is 4.77. The SMILES string of the molecule is O=C(/C=C/c1cc(F)ccc1F)N1CCC2(CCNC2=O)CC1. The quantitative estimate of drug-likeness (QED) is 0.849. The van der Waals surface area contributed by atoms with Crippen molar-refractivity contribution < 1.29 is 18.4 Å². The van der Waals surface area contributed by atoms with Crippen molar-refractivity contribution in [3.8, 4) is 0 Å².